The van der Waals surface area contributed by atoms with Crippen LogP contribution in [0.4, 0.5) is 5.82 Å². The van der Waals surface area contributed by atoms with Gasteiger partial charge in [0.05, 0.1) is 5.39 Å². The standard InChI is InChI=1S/C20H16ClN3S/c1-13(14-5-3-2-4-6-14)24-19-18-17(11-25-20(18)23-12-22-19)15-7-9-16(21)10-8-15/h2-13H,1H3,(H,22,23,24). The minimum Gasteiger partial charge on any atom is -0.363 e. The zero-order valence-corrected chi connectivity index (χ0v) is 15.2. The van der Waals surface area contributed by atoms with E-state index in [1.165, 1.54) is 5.56 Å². The topological polar surface area (TPSA) is 37.8 Å². The zero-order valence-electron chi connectivity index (χ0n) is 13.6. The summed E-state index contributed by atoms with van der Waals surface area (Å²) in [4.78, 5) is 9.91. The third kappa shape index (κ3) is 3.23. The lowest BCUT2D eigenvalue weighted by molar-refractivity contribution is 0.876. The first-order chi connectivity index (χ1) is 12.2. The minimum absolute atomic E-state index is 0.150. The van der Waals surface area contributed by atoms with E-state index < -0.39 is 0 Å². The molecule has 0 radical (unpaired) electrons. The average Bonchev–Trinajstić information content (AvgIpc) is 3.08. The van der Waals surface area contributed by atoms with Gasteiger partial charge in [-0.1, -0.05) is 54.1 Å². The molecule has 1 N–H and O–H groups in total. The van der Waals surface area contributed by atoms with E-state index in [4.69, 9.17) is 11.6 Å². The van der Waals surface area contributed by atoms with Crippen LogP contribution in [-0.4, -0.2) is 9.97 Å². The van der Waals surface area contributed by atoms with Crippen molar-refractivity contribution in [2.45, 2.75) is 13.0 Å². The fraction of sp³-hybridized carbons (Fsp3) is 0.100. The summed E-state index contributed by atoms with van der Waals surface area (Å²) < 4.78 is 0. The molecule has 0 spiro atoms. The second kappa shape index (κ2) is 6.82. The van der Waals surface area contributed by atoms with Crippen molar-refractivity contribution >= 4 is 39.0 Å². The third-order valence-electron chi connectivity index (χ3n) is 4.18. The van der Waals surface area contributed by atoms with E-state index in [0.29, 0.717) is 0 Å². The maximum atomic E-state index is 6.02. The Morgan fingerprint density at radius 3 is 2.52 bits per heavy atom. The van der Waals surface area contributed by atoms with E-state index in [2.05, 4.69) is 39.7 Å². The van der Waals surface area contributed by atoms with E-state index in [-0.39, 0.29) is 6.04 Å². The SMILES string of the molecule is CC(Nc1ncnc2scc(-c3ccc(Cl)cc3)c12)c1ccccc1. The Balaban J connectivity index is 1.76. The van der Waals surface area contributed by atoms with Crippen LogP contribution in [0.2, 0.25) is 5.02 Å². The number of benzene rings is 2. The molecule has 4 aromatic rings. The number of thiophene rings is 1. The van der Waals surface area contributed by atoms with Crippen molar-refractivity contribution in [3.8, 4) is 11.1 Å². The molecule has 2 aromatic heterocycles. The smallest absolute Gasteiger partial charge is 0.139 e. The monoisotopic (exact) mass is 365 g/mol. The number of rotatable bonds is 4. The maximum Gasteiger partial charge on any atom is 0.139 e. The molecular formula is C20H16ClN3S. The number of hydrogen-bond donors (Lipinski definition) is 1. The highest BCUT2D eigenvalue weighted by molar-refractivity contribution is 7.17. The summed E-state index contributed by atoms with van der Waals surface area (Å²) in [6.45, 7) is 2.14. The number of halogens is 1. The van der Waals surface area contributed by atoms with E-state index in [9.17, 15) is 0 Å². The highest BCUT2D eigenvalue weighted by atomic mass is 35.5. The molecule has 2 aromatic carbocycles. The molecule has 1 atom stereocenters. The molecule has 1 unspecified atom stereocenters. The molecule has 0 amide bonds. The largest absolute Gasteiger partial charge is 0.363 e. The second-order valence-corrected chi connectivity index (χ2v) is 7.13. The molecule has 3 nitrogen and oxygen atoms in total. The molecule has 0 aliphatic rings. The molecule has 0 bridgehead atoms. The van der Waals surface area contributed by atoms with Crippen molar-refractivity contribution in [3.05, 3.63) is 76.9 Å². The number of nitrogens with zero attached hydrogens (tertiary/aromatic N) is 2. The summed E-state index contributed by atoms with van der Waals surface area (Å²) in [7, 11) is 0. The van der Waals surface area contributed by atoms with E-state index in [0.717, 1.165) is 32.2 Å². The van der Waals surface area contributed by atoms with Crippen molar-refractivity contribution in [3.63, 3.8) is 0 Å². The Hall–Kier alpha value is -2.43. The molecule has 25 heavy (non-hydrogen) atoms. The van der Waals surface area contributed by atoms with Crippen molar-refractivity contribution in [1.82, 2.24) is 9.97 Å². The maximum absolute atomic E-state index is 6.02. The van der Waals surface area contributed by atoms with Crippen molar-refractivity contribution < 1.29 is 0 Å². The molecular weight excluding hydrogens is 350 g/mol. The highest BCUT2D eigenvalue weighted by Gasteiger charge is 2.15. The average molecular weight is 366 g/mol. The van der Waals surface area contributed by atoms with Gasteiger partial charge in [-0.3, -0.25) is 0 Å². The van der Waals surface area contributed by atoms with Gasteiger partial charge in [0, 0.05) is 22.0 Å². The molecule has 0 fully saturated rings. The number of nitrogens with one attached hydrogen (secondary N) is 1. The van der Waals surface area contributed by atoms with Gasteiger partial charge in [-0.25, -0.2) is 9.97 Å². The van der Waals surface area contributed by atoms with Gasteiger partial charge in [0.25, 0.3) is 0 Å². The lowest BCUT2D eigenvalue weighted by Gasteiger charge is -2.16. The number of anilines is 1. The summed E-state index contributed by atoms with van der Waals surface area (Å²) in [5.41, 5.74) is 3.46. The van der Waals surface area contributed by atoms with Crippen LogP contribution < -0.4 is 5.32 Å². The number of hydrogen-bond acceptors (Lipinski definition) is 4. The van der Waals surface area contributed by atoms with Crippen LogP contribution in [0.25, 0.3) is 21.3 Å². The molecule has 0 saturated heterocycles. The van der Waals surface area contributed by atoms with Crippen molar-refractivity contribution in [1.29, 1.82) is 0 Å². The van der Waals surface area contributed by atoms with Crippen molar-refractivity contribution in [2.24, 2.45) is 0 Å². The number of fused-ring (bicyclic) bond motifs is 1. The minimum atomic E-state index is 0.150. The van der Waals surface area contributed by atoms with Gasteiger partial charge in [-0.2, -0.15) is 0 Å². The fourth-order valence-corrected chi connectivity index (χ4v) is 3.90. The molecule has 4 rings (SSSR count). The summed E-state index contributed by atoms with van der Waals surface area (Å²) in [5, 5.41) is 7.45. The van der Waals surface area contributed by atoms with Gasteiger partial charge in [0.2, 0.25) is 0 Å². The lowest BCUT2D eigenvalue weighted by atomic mass is 10.1. The summed E-state index contributed by atoms with van der Waals surface area (Å²) >= 11 is 7.65. The fourth-order valence-electron chi connectivity index (χ4n) is 2.86. The zero-order chi connectivity index (χ0) is 17.2. The van der Waals surface area contributed by atoms with Gasteiger partial charge in [0.1, 0.15) is 17.0 Å². The van der Waals surface area contributed by atoms with E-state index in [1.807, 2.05) is 42.5 Å². The Morgan fingerprint density at radius 2 is 1.76 bits per heavy atom. The first-order valence-corrected chi connectivity index (χ1v) is 9.28. The Kier molecular flexibility index (Phi) is 4.38. The van der Waals surface area contributed by atoms with Crippen LogP contribution in [0.1, 0.15) is 18.5 Å². The summed E-state index contributed by atoms with van der Waals surface area (Å²) in [6.07, 6.45) is 1.62. The van der Waals surface area contributed by atoms with Crippen LogP contribution in [-0.2, 0) is 0 Å². The Labute approximate surface area is 155 Å². The van der Waals surface area contributed by atoms with Gasteiger partial charge >= 0.3 is 0 Å². The predicted molar refractivity (Wildman–Crippen MR) is 106 cm³/mol. The first-order valence-electron chi connectivity index (χ1n) is 8.02. The molecule has 0 aliphatic heterocycles. The molecule has 124 valence electrons. The summed E-state index contributed by atoms with van der Waals surface area (Å²) in [5.74, 6) is 0.854. The molecule has 5 heteroatoms. The van der Waals surface area contributed by atoms with Crippen LogP contribution >= 0.6 is 22.9 Å². The lowest BCUT2D eigenvalue weighted by Crippen LogP contribution is -2.08. The second-order valence-electron chi connectivity index (χ2n) is 5.84. The molecule has 0 aliphatic carbocycles. The Morgan fingerprint density at radius 1 is 1.00 bits per heavy atom. The van der Waals surface area contributed by atoms with Gasteiger partial charge in [0.15, 0.2) is 0 Å². The normalized spacial score (nSPS) is 12.2. The van der Waals surface area contributed by atoms with Gasteiger partial charge in [-0.05, 0) is 30.2 Å². The van der Waals surface area contributed by atoms with E-state index >= 15 is 0 Å². The van der Waals surface area contributed by atoms with Crippen LogP contribution in [0.3, 0.4) is 0 Å². The van der Waals surface area contributed by atoms with Crippen LogP contribution in [0.15, 0.2) is 66.3 Å². The van der Waals surface area contributed by atoms with Crippen LogP contribution in [0.5, 0.6) is 0 Å². The van der Waals surface area contributed by atoms with Gasteiger partial charge < -0.3 is 5.32 Å². The number of aromatic nitrogens is 2. The van der Waals surface area contributed by atoms with Crippen LogP contribution in [0, 0.1) is 0 Å². The highest BCUT2D eigenvalue weighted by Crippen LogP contribution is 2.37. The summed E-state index contributed by atoms with van der Waals surface area (Å²) in [6, 6.07) is 18.4. The predicted octanol–water partition coefficient (Wildman–Crippen LogP) is 6.18. The quantitative estimate of drug-likeness (QED) is 0.469. The van der Waals surface area contributed by atoms with Gasteiger partial charge in [-0.15, -0.1) is 11.3 Å². The first kappa shape index (κ1) is 16.1. The van der Waals surface area contributed by atoms with Crippen molar-refractivity contribution in [2.75, 3.05) is 5.32 Å². The third-order valence-corrected chi connectivity index (χ3v) is 5.32. The molecule has 0 saturated carbocycles. The Bertz CT molecular complexity index is 997. The van der Waals surface area contributed by atoms with E-state index in [1.54, 1.807) is 17.7 Å². The molecule has 2 heterocycles.